The van der Waals surface area contributed by atoms with Crippen LogP contribution in [0.1, 0.15) is 16.7 Å². The number of hydrogen-bond donors (Lipinski definition) is 1. The van der Waals surface area contributed by atoms with E-state index in [0.717, 1.165) is 16.5 Å². The Morgan fingerprint density at radius 2 is 1.70 bits per heavy atom. The zero-order valence-electron chi connectivity index (χ0n) is 14.6. The summed E-state index contributed by atoms with van der Waals surface area (Å²) in [4.78, 5) is 23.2. The van der Waals surface area contributed by atoms with Crippen LogP contribution in [0.3, 0.4) is 0 Å². The number of aliphatic carboxylic acids is 1. The number of hydrogen-bond acceptors (Lipinski definition) is 4. The monoisotopic (exact) mass is 382 g/mol. The lowest BCUT2D eigenvalue weighted by molar-refractivity contribution is -0.136. The smallest absolute Gasteiger partial charge is 0.336 e. The Bertz CT molecular complexity index is 1260. The van der Waals surface area contributed by atoms with Crippen molar-refractivity contribution in [2.24, 2.45) is 0 Å². The van der Waals surface area contributed by atoms with Gasteiger partial charge in [-0.25, -0.2) is 4.79 Å². The minimum Gasteiger partial charge on any atom is -0.481 e. The van der Waals surface area contributed by atoms with Gasteiger partial charge < -0.3 is 13.9 Å². The maximum absolute atomic E-state index is 11.7. The van der Waals surface area contributed by atoms with Crippen LogP contribution in [0.4, 0.5) is 0 Å². The van der Waals surface area contributed by atoms with Crippen LogP contribution in [0.5, 0.6) is 0 Å². The first-order chi connectivity index (χ1) is 12.8. The van der Waals surface area contributed by atoms with Crippen LogP contribution in [0.15, 0.2) is 50.0 Å². The highest BCUT2D eigenvalue weighted by molar-refractivity contribution is 6.30. The van der Waals surface area contributed by atoms with Crippen molar-refractivity contribution in [3.05, 3.63) is 68.5 Å². The summed E-state index contributed by atoms with van der Waals surface area (Å²) in [6.45, 7) is 3.64. The molecule has 0 amide bonds. The van der Waals surface area contributed by atoms with Crippen molar-refractivity contribution in [2.75, 3.05) is 0 Å². The Kier molecular flexibility index (Phi) is 4.04. The second kappa shape index (κ2) is 6.28. The lowest BCUT2D eigenvalue weighted by Crippen LogP contribution is -2.01. The van der Waals surface area contributed by atoms with Gasteiger partial charge in [-0.3, -0.25) is 4.79 Å². The number of rotatable bonds is 3. The molecule has 0 aliphatic heterocycles. The highest BCUT2D eigenvalue weighted by Gasteiger charge is 2.23. The predicted octanol–water partition coefficient (Wildman–Crippen LogP) is 5.10. The van der Waals surface area contributed by atoms with Crippen molar-refractivity contribution < 1.29 is 18.7 Å². The molecule has 2 aromatic carbocycles. The number of halogens is 1. The zero-order chi connectivity index (χ0) is 19.3. The van der Waals surface area contributed by atoms with Crippen LogP contribution in [0.25, 0.3) is 33.3 Å². The average Bonchev–Trinajstić information content (AvgIpc) is 2.94. The fourth-order valence-electron chi connectivity index (χ4n) is 3.51. The molecule has 0 spiro atoms. The molecule has 4 aromatic rings. The molecule has 0 unspecified atom stereocenters. The van der Waals surface area contributed by atoms with E-state index < -0.39 is 11.6 Å². The Labute approximate surface area is 158 Å². The Morgan fingerprint density at radius 3 is 2.37 bits per heavy atom. The van der Waals surface area contributed by atoms with E-state index >= 15 is 0 Å². The summed E-state index contributed by atoms with van der Waals surface area (Å²) in [6.07, 6.45) is -0.187. The molecule has 2 aromatic heterocycles. The largest absolute Gasteiger partial charge is 0.481 e. The maximum Gasteiger partial charge on any atom is 0.336 e. The number of carboxylic acid groups (broad SMARTS) is 1. The second-order valence-corrected chi connectivity index (χ2v) is 6.94. The summed E-state index contributed by atoms with van der Waals surface area (Å²) < 4.78 is 11.5. The van der Waals surface area contributed by atoms with E-state index in [-0.39, 0.29) is 6.42 Å². The lowest BCUT2D eigenvalue weighted by atomic mass is 9.97. The van der Waals surface area contributed by atoms with Crippen LogP contribution in [-0.2, 0) is 11.2 Å². The lowest BCUT2D eigenvalue weighted by Gasteiger charge is -2.05. The normalized spacial score (nSPS) is 11.4. The highest BCUT2D eigenvalue weighted by Crippen LogP contribution is 2.40. The first-order valence-corrected chi connectivity index (χ1v) is 8.70. The molecule has 2 heterocycles. The Morgan fingerprint density at radius 1 is 1.04 bits per heavy atom. The van der Waals surface area contributed by atoms with Crippen molar-refractivity contribution in [3.63, 3.8) is 0 Å². The van der Waals surface area contributed by atoms with Gasteiger partial charge in [-0.1, -0.05) is 11.6 Å². The van der Waals surface area contributed by atoms with Gasteiger partial charge in [-0.15, -0.1) is 0 Å². The van der Waals surface area contributed by atoms with E-state index in [1.54, 1.807) is 37.3 Å². The third-order valence-electron chi connectivity index (χ3n) is 4.60. The van der Waals surface area contributed by atoms with Gasteiger partial charge in [-0.2, -0.15) is 0 Å². The molecular weight excluding hydrogens is 368 g/mol. The molecule has 5 nitrogen and oxygen atoms in total. The van der Waals surface area contributed by atoms with Gasteiger partial charge in [0, 0.05) is 27.6 Å². The zero-order valence-corrected chi connectivity index (χ0v) is 15.4. The van der Waals surface area contributed by atoms with Crippen LogP contribution in [-0.4, -0.2) is 11.1 Å². The van der Waals surface area contributed by atoms with Gasteiger partial charge in [0.1, 0.15) is 16.9 Å². The first-order valence-electron chi connectivity index (χ1n) is 8.32. The molecule has 0 saturated heterocycles. The fraction of sp³-hybridized carbons (Fsp3) is 0.143. The molecule has 0 atom stereocenters. The molecule has 0 saturated carbocycles. The summed E-state index contributed by atoms with van der Waals surface area (Å²) in [7, 11) is 0. The van der Waals surface area contributed by atoms with Crippen LogP contribution in [0.2, 0.25) is 5.02 Å². The van der Waals surface area contributed by atoms with E-state index in [2.05, 4.69) is 0 Å². The van der Waals surface area contributed by atoms with E-state index in [0.29, 0.717) is 38.5 Å². The molecule has 0 aliphatic rings. The number of furan rings is 1. The van der Waals surface area contributed by atoms with Crippen LogP contribution >= 0.6 is 11.6 Å². The highest BCUT2D eigenvalue weighted by atomic mass is 35.5. The van der Waals surface area contributed by atoms with E-state index in [4.69, 9.17) is 20.4 Å². The summed E-state index contributed by atoms with van der Waals surface area (Å²) in [5, 5.41) is 11.4. The van der Waals surface area contributed by atoms with E-state index in [1.807, 2.05) is 6.92 Å². The average molecular weight is 383 g/mol. The molecule has 136 valence electrons. The SMILES string of the molecule is Cc1cc2oc(=O)cc(C)c2c2oc(-c3ccc(Cl)cc3)c(CC(=O)O)c12. The van der Waals surface area contributed by atoms with Crippen LogP contribution in [0, 0.1) is 13.8 Å². The van der Waals surface area contributed by atoms with E-state index in [1.165, 1.54) is 6.07 Å². The summed E-state index contributed by atoms with van der Waals surface area (Å²) >= 11 is 5.97. The minimum atomic E-state index is -0.955. The Balaban J connectivity index is 2.16. The van der Waals surface area contributed by atoms with Crippen molar-refractivity contribution in [1.29, 1.82) is 0 Å². The van der Waals surface area contributed by atoms with Gasteiger partial charge in [0.25, 0.3) is 0 Å². The van der Waals surface area contributed by atoms with Gasteiger partial charge in [0.15, 0.2) is 0 Å². The third-order valence-corrected chi connectivity index (χ3v) is 4.85. The van der Waals surface area contributed by atoms with E-state index in [9.17, 15) is 14.7 Å². The van der Waals surface area contributed by atoms with Crippen molar-refractivity contribution in [3.8, 4) is 11.3 Å². The molecule has 0 bridgehead atoms. The Hall–Kier alpha value is -3.05. The quantitative estimate of drug-likeness (QED) is 0.498. The minimum absolute atomic E-state index is 0.187. The topological polar surface area (TPSA) is 80.7 Å². The number of carboxylic acids is 1. The van der Waals surface area contributed by atoms with Gasteiger partial charge in [-0.05, 0) is 55.3 Å². The second-order valence-electron chi connectivity index (χ2n) is 6.51. The molecular formula is C21H15ClO5. The molecule has 1 N–H and O–H groups in total. The molecule has 27 heavy (non-hydrogen) atoms. The molecule has 4 rings (SSSR count). The summed E-state index contributed by atoms with van der Waals surface area (Å²) in [6, 6.07) is 10.2. The van der Waals surface area contributed by atoms with Crippen molar-refractivity contribution >= 4 is 39.5 Å². The number of fused-ring (bicyclic) bond motifs is 3. The van der Waals surface area contributed by atoms with Crippen molar-refractivity contribution in [1.82, 2.24) is 0 Å². The molecule has 0 radical (unpaired) electrons. The summed E-state index contributed by atoms with van der Waals surface area (Å²) in [5.41, 5.74) is 3.32. The number of benzene rings is 2. The first kappa shape index (κ1) is 17.4. The number of aryl methyl sites for hydroxylation is 2. The number of carbonyl (C=O) groups is 1. The fourth-order valence-corrected chi connectivity index (χ4v) is 3.63. The summed E-state index contributed by atoms with van der Waals surface area (Å²) in [5.74, 6) is -0.478. The third kappa shape index (κ3) is 2.90. The molecule has 0 aliphatic carbocycles. The predicted molar refractivity (Wildman–Crippen MR) is 104 cm³/mol. The van der Waals surface area contributed by atoms with Gasteiger partial charge in [0.2, 0.25) is 0 Å². The maximum atomic E-state index is 11.7. The van der Waals surface area contributed by atoms with Crippen LogP contribution < -0.4 is 5.63 Å². The van der Waals surface area contributed by atoms with Gasteiger partial charge in [0.05, 0.1) is 11.8 Å². The van der Waals surface area contributed by atoms with Crippen molar-refractivity contribution in [2.45, 2.75) is 20.3 Å². The molecule has 6 heteroatoms. The van der Waals surface area contributed by atoms with Gasteiger partial charge >= 0.3 is 11.6 Å². The standard InChI is InChI=1S/C21H15ClO5/c1-10-7-15-19(11(2)8-17(25)26-15)21-18(10)14(9-16(23)24)20(27-21)12-3-5-13(22)6-4-12/h3-8H,9H2,1-2H3,(H,23,24). The molecule has 0 fully saturated rings.